The maximum Gasteiger partial charge on any atom is 0.326 e. The van der Waals surface area contributed by atoms with Crippen LogP contribution in [-0.2, 0) is 4.79 Å². The smallest absolute Gasteiger partial charge is 0.326 e. The van der Waals surface area contributed by atoms with E-state index in [1.165, 1.54) is 0 Å². The molecule has 3 N–H and O–H groups in total. The minimum absolute atomic E-state index is 0.156. The molecule has 2 aromatic heterocycles. The summed E-state index contributed by atoms with van der Waals surface area (Å²) in [6, 6.07) is 3.20. The van der Waals surface area contributed by atoms with Gasteiger partial charge in [0.05, 0.1) is 29.9 Å². The van der Waals surface area contributed by atoms with Gasteiger partial charge in [0.25, 0.3) is 11.8 Å². The predicted molar refractivity (Wildman–Crippen MR) is 140 cm³/mol. The van der Waals surface area contributed by atoms with Gasteiger partial charge in [-0.3, -0.25) is 14.3 Å². The van der Waals surface area contributed by atoms with Crippen LogP contribution in [0, 0.1) is 0 Å². The number of hydrogen-bond acceptors (Lipinski definition) is 7. The summed E-state index contributed by atoms with van der Waals surface area (Å²) in [6.45, 7) is 3.44. The number of aromatic nitrogens is 3. The molecule has 3 heterocycles. The van der Waals surface area contributed by atoms with E-state index in [-0.39, 0.29) is 29.9 Å². The van der Waals surface area contributed by atoms with Crippen LogP contribution in [0.2, 0.25) is 0 Å². The number of nitrogens with one attached hydrogen (secondary N) is 1. The number of rotatable bonds is 9. The van der Waals surface area contributed by atoms with E-state index >= 15 is 0 Å². The number of fused-ring (bicyclic) bond motifs is 1. The molecule has 1 aliphatic carbocycles. The topological polar surface area (TPSA) is 125 Å². The van der Waals surface area contributed by atoms with Crippen molar-refractivity contribution in [3.8, 4) is 22.8 Å². The zero-order chi connectivity index (χ0) is 28.1. The Morgan fingerprint density at radius 1 is 1.26 bits per heavy atom. The quantitative estimate of drug-likeness (QED) is 0.426. The SMILES string of the molecule is CC(C)Oc1cc2c(OCC3CC(F)(F)C(=O)N3)ncc(-c3cnn(C4CC(N(C)C)C4)c3)c2cc1C(N)=O. The van der Waals surface area contributed by atoms with Crippen molar-refractivity contribution in [2.75, 3.05) is 20.7 Å². The Hall–Kier alpha value is -3.80. The lowest BCUT2D eigenvalue weighted by Gasteiger charge is -2.39. The zero-order valence-corrected chi connectivity index (χ0v) is 22.3. The monoisotopic (exact) mass is 542 g/mol. The minimum atomic E-state index is -3.44. The number of carbonyl (C=O) groups excluding carboxylic acids is 2. The second-order valence-electron chi connectivity index (χ2n) is 10.7. The third kappa shape index (κ3) is 5.25. The first-order valence-corrected chi connectivity index (χ1v) is 12.9. The number of nitrogens with zero attached hydrogens (tertiary/aromatic N) is 4. The van der Waals surface area contributed by atoms with E-state index in [1.54, 1.807) is 24.5 Å². The highest BCUT2D eigenvalue weighted by atomic mass is 19.3. The highest BCUT2D eigenvalue weighted by molar-refractivity contribution is 6.06. The molecule has 2 amide bonds. The van der Waals surface area contributed by atoms with Gasteiger partial charge in [-0.25, -0.2) is 4.98 Å². The number of hydrogen-bond donors (Lipinski definition) is 2. The van der Waals surface area contributed by atoms with Crippen molar-refractivity contribution in [3.05, 3.63) is 36.3 Å². The normalized spacial score (nSPS) is 22.3. The van der Waals surface area contributed by atoms with Crippen LogP contribution in [0.1, 0.15) is 49.5 Å². The second kappa shape index (κ2) is 10.1. The summed E-state index contributed by atoms with van der Waals surface area (Å²) in [5.41, 5.74) is 7.38. The fourth-order valence-corrected chi connectivity index (χ4v) is 5.03. The fourth-order valence-electron chi connectivity index (χ4n) is 5.03. The molecule has 0 spiro atoms. The molecule has 12 heteroatoms. The number of primary amides is 1. The van der Waals surface area contributed by atoms with Crippen molar-refractivity contribution in [2.24, 2.45) is 5.73 Å². The molecular formula is C27H32F2N6O4. The number of halogens is 2. The summed E-state index contributed by atoms with van der Waals surface area (Å²) in [6.07, 6.45) is 6.38. The molecule has 1 aliphatic heterocycles. The van der Waals surface area contributed by atoms with Gasteiger partial charge >= 0.3 is 5.92 Å². The Balaban J connectivity index is 1.52. The fraction of sp³-hybridized carbons (Fsp3) is 0.481. The first kappa shape index (κ1) is 26.8. The average molecular weight is 543 g/mol. The number of amides is 2. The number of carbonyl (C=O) groups is 2. The lowest BCUT2D eigenvalue weighted by atomic mass is 9.86. The summed E-state index contributed by atoms with van der Waals surface area (Å²) in [7, 11) is 4.13. The van der Waals surface area contributed by atoms with Gasteiger partial charge in [0.15, 0.2) is 0 Å². The number of alkyl halides is 2. The highest BCUT2D eigenvalue weighted by Crippen LogP contribution is 2.39. The van der Waals surface area contributed by atoms with E-state index in [9.17, 15) is 18.4 Å². The average Bonchev–Trinajstić information content (AvgIpc) is 3.39. The van der Waals surface area contributed by atoms with Gasteiger partial charge < -0.3 is 25.4 Å². The van der Waals surface area contributed by atoms with Gasteiger partial charge in [-0.1, -0.05) is 0 Å². The van der Waals surface area contributed by atoms with Gasteiger partial charge in [-0.05, 0) is 58.3 Å². The van der Waals surface area contributed by atoms with Crippen LogP contribution in [0.5, 0.6) is 11.6 Å². The van der Waals surface area contributed by atoms with Gasteiger partial charge in [0, 0.05) is 41.4 Å². The van der Waals surface area contributed by atoms with E-state index in [1.807, 2.05) is 24.7 Å². The van der Waals surface area contributed by atoms with Crippen LogP contribution >= 0.6 is 0 Å². The summed E-state index contributed by atoms with van der Waals surface area (Å²) in [5.74, 6) is -5.00. The third-order valence-corrected chi connectivity index (χ3v) is 7.28. The third-order valence-electron chi connectivity index (χ3n) is 7.28. The van der Waals surface area contributed by atoms with E-state index in [2.05, 4.69) is 34.4 Å². The van der Waals surface area contributed by atoms with Gasteiger partial charge in [0.1, 0.15) is 12.4 Å². The Morgan fingerprint density at radius 3 is 2.62 bits per heavy atom. The molecule has 3 aromatic rings. The van der Waals surface area contributed by atoms with E-state index in [4.69, 9.17) is 15.2 Å². The van der Waals surface area contributed by atoms with E-state index in [0.717, 1.165) is 18.4 Å². The van der Waals surface area contributed by atoms with Crippen LogP contribution in [0.15, 0.2) is 30.7 Å². The standard InChI is InChI=1S/C27H32F2N6O4/c1-14(2)39-23-8-20-19(7-21(23)24(30)36)22(15-10-32-35(12-15)18-5-17(6-18)34(3)4)11-31-25(20)38-13-16-9-27(28,29)26(37)33-16/h7-8,10-12,14,16-18H,5-6,9,13H2,1-4H3,(H2,30,36)(H,33,37). The molecule has 1 atom stereocenters. The van der Waals surface area contributed by atoms with Crippen molar-refractivity contribution < 1.29 is 27.8 Å². The number of nitrogens with two attached hydrogens (primary N) is 1. The van der Waals surface area contributed by atoms with Crippen LogP contribution < -0.4 is 20.5 Å². The van der Waals surface area contributed by atoms with Gasteiger partial charge in [-0.15, -0.1) is 0 Å². The van der Waals surface area contributed by atoms with Crippen molar-refractivity contribution in [1.82, 2.24) is 25.0 Å². The van der Waals surface area contributed by atoms with Crippen molar-refractivity contribution >= 4 is 22.6 Å². The van der Waals surface area contributed by atoms with Crippen molar-refractivity contribution in [1.29, 1.82) is 0 Å². The molecule has 0 radical (unpaired) electrons. The molecule has 2 fully saturated rings. The number of ether oxygens (including phenoxy) is 2. The maximum absolute atomic E-state index is 13.7. The van der Waals surface area contributed by atoms with Gasteiger partial charge in [0.2, 0.25) is 5.88 Å². The summed E-state index contributed by atoms with van der Waals surface area (Å²) in [5, 5.41) is 7.95. The Morgan fingerprint density at radius 2 is 2.00 bits per heavy atom. The van der Waals surface area contributed by atoms with E-state index < -0.39 is 30.2 Å². The number of pyridine rings is 1. The number of benzene rings is 1. The molecule has 1 saturated heterocycles. The molecule has 0 bridgehead atoms. The second-order valence-corrected chi connectivity index (χ2v) is 10.7. The molecule has 1 unspecified atom stereocenters. The Labute approximate surface area is 224 Å². The molecule has 1 saturated carbocycles. The lowest BCUT2D eigenvalue weighted by molar-refractivity contribution is -0.139. The summed E-state index contributed by atoms with van der Waals surface area (Å²) >= 11 is 0. The van der Waals surface area contributed by atoms with Gasteiger partial charge in [-0.2, -0.15) is 13.9 Å². The molecule has 5 rings (SSSR count). The Kier molecular flexibility index (Phi) is 6.91. The first-order chi connectivity index (χ1) is 18.4. The van der Waals surface area contributed by atoms with Crippen molar-refractivity contribution in [2.45, 2.75) is 63.3 Å². The predicted octanol–water partition coefficient (Wildman–Crippen LogP) is 3.15. The van der Waals surface area contributed by atoms with E-state index in [0.29, 0.717) is 28.4 Å². The molecule has 10 nitrogen and oxygen atoms in total. The molecule has 208 valence electrons. The summed E-state index contributed by atoms with van der Waals surface area (Å²) in [4.78, 5) is 30.6. The van der Waals surface area contributed by atoms with Crippen LogP contribution in [-0.4, -0.2) is 76.3 Å². The molecule has 39 heavy (non-hydrogen) atoms. The summed E-state index contributed by atoms with van der Waals surface area (Å²) < 4.78 is 41.0. The highest BCUT2D eigenvalue weighted by Gasteiger charge is 2.48. The maximum atomic E-state index is 13.7. The molecule has 1 aromatic carbocycles. The van der Waals surface area contributed by atoms with Crippen LogP contribution in [0.4, 0.5) is 8.78 Å². The zero-order valence-electron chi connectivity index (χ0n) is 22.3. The van der Waals surface area contributed by atoms with Crippen LogP contribution in [0.25, 0.3) is 21.9 Å². The lowest BCUT2D eigenvalue weighted by Crippen LogP contribution is -2.41. The molecule has 2 aliphatic rings. The first-order valence-electron chi connectivity index (χ1n) is 12.9. The molecular weight excluding hydrogens is 510 g/mol. The Bertz CT molecular complexity index is 1420. The largest absolute Gasteiger partial charge is 0.490 e. The van der Waals surface area contributed by atoms with Crippen LogP contribution in [0.3, 0.4) is 0 Å². The minimum Gasteiger partial charge on any atom is -0.490 e. The van der Waals surface area contributed by atoms with Crippen molar-refractivity contribution in [3.63, 3.8) is 0 Å².